The summed E-state index contributed by atoms with van der Waals surface area (Å²) in [5.41, 5.74) is 6.48. The molecule has 0 saturated carbocycles. The molecule has 1 aromatic heterocycles. The Kier molecular flexibility index (Phi) is 3.47. The zero-order valence-corrected chi connectivity index (χ0v) is 13.4. The van der Waals surface area contributed by atoms with Gasteiger partial charge < -0.3 is 4.74 Å². The molecule has 1 aliphatic rings. The maximum Gasteiger partial charge on any atom is 0.130 e. The Morgan fingerprint density at radius 3 is 2.73 bits per heavy atom. The predicted molar refractivity (Wildman–Crippen MR) is 92.8 cm³/mol. The fraction of sp³-hybridized carbons (Fsp3) is 0.200. The molecule has 0 bridgehead atoms. The molecule has 0 N–H and O–H groups in total. The van der Waals surface area contributed by atoms with Crippen molar-refractivity contribution in [1.82, 2.24) is 0 Å². The first-order valence-electron chi connectivity index (χ1n) is 7.66. The van der Waals surface area contributed by atoms with E-state index < -0.39 is 0 Å². The number of benzene rings is 2. The molecule has 110 valence electrons. The zero-order chi connectivity index (χ0) is 14.9. The molecular weight excluding hydrogens is 288 g/mol. The molecule has 0 aliphatic carbocycles. The highest BCUT2D eigenvalue weighted by molar-refractivity contribution is 7.08. The molecule has 0 fully saturated rings. The number of fused-ring (bicyclic) bond motifs is 1. The van der Waals surface area contributed by atoms with Gasteiger partial charge in [-0.3, -0.25) is 0 Å². The van der Waals surface area contributed by atoms with Crippen LogP contribution in [-0.4, -0.2) is 6.10 Å². The highest BCUT2D eigenvalue weighted by Crippen LogP contribution is 2.40. The molecule has 4 rings (SSSR count). The van der Waals surface area contributed by atoms with Crippen molar-refractivity contribution in [2.75, 3.05) is 0 Å². The van der Waals surface area contributed by atoms with Gasteiger partial charge in [-0.2, -0.15) is 11.3 Å². The van der Waals surface area contributed by atoms with Crippen molar-refractivity contribution in [3.63, 3.8) is 0 Å². The maximum atomic E-state index is 6.30. The van der Waals surface area contributed by atoms with Crippen LogP contribution >= 0.6 is 11.3 Å². The molecule has 0 amide bonds. The Labute approximate surface area is 135 Å². The summed E-state index contributed by atoms with van der Waals surface area (Å²) >= 11 is 1.73. The number of thiophene rings is 1. The minimum absolute atomic E-state index is 0.248. The zero-order valence-electron chi connectivity index (χ0n) is 12.6. The third kappa shape index (κ3) is 2.55. The number of para-hydroxylation sites is 1. The van der Waals surface area contributed by atoms with Gasteiger partial charge in [0, 0.05) is 18.4 Å². The lowest BCUT2D eigenvalue weighted by atomic mass is 10.0. The third-order valence-corrected chi connectivity index (χ3v) is 4.93. The van der Waals surface area contributed by atoms with Crippen LogP contribution in [0.3, 0.4) is 0 Å². The minimum Gasteiger partial charge on any atom is -0.489 e. The quantitative estimate of drug-likeness (QED) is 0.640. The molecule has 0 spiro atoms. The summed E-state index contributed by atoms with van der Waals surface area (Å²) in [5, 5.41) is 4.31. The molecule has 2 heteroatoms. The summed E-state index contributed by atoms with van der Waals surface area (Å²) in [5.74, 6) is 1.08. The van der Waals surface area contributed by atoms with E-state index in [1.807, 2.05) is 0 Å². The molecular formula is C20H18OS. The van der Waals surface area contributed by atoms with Crippen LogP contribution in [0, 0.1) is 6.92 Å². The highest BCUT2D eigenvalue weighted by atomic mass is 32.1. The average Bonchev–Trinajstić information content (AvgIpc) is 3.18. The second-order valence-electron chi connectivity index (χ2n) is 5.94. The van der Waals surface area contributed by atoms with Crippen LogP contribution in [0.15, 0.2) is 59.3 Å². The average molecular weight is 306 g/mol. The van der Waals surface area contributed by atoms with E-state index in [9.17, 15) is 0 Å². The number of aryl methyl sites for hydroxylation is 1. The molecule has 1 unspecified atom stereocenters. The van der Waals surface area contributed by atoms with Gasteiger partial charge in [0.15, 0.2) is 0 Å². The Morgan fingerprint density at radius 1 is 1.09 bits per heavy atom. The van der Waals surface area contributed by atoms with Crippen LogP contribution in [0.5, 0.6) is 5.75 Å². The van der Waals surface area contributed by atoms with E-state index in [-0.39, 0.29) is 6.10 Å². The van der Waals surface area contributed by atoms with Crippen molar-refractivity contribution in [3.05, 3.63) is 76.0 Å². The number of hydrogen-bond donors (Lipinski definition) is 0. The van der Waals surface area contributed by atoms with Gasteiger partial charge in [-0.15, -0.1) is 0 Å². The van der Waals surface area contributed by atoms with E-state index in [0.717, 1.165) is 18.6 Å². The fourth-order valence-corrected chi connectivity index (χ4v) is 3.74. The van der Waals surface area contributed by atoms with Gasteiger partial charge in [-0.25, -0.2) is 0 Å². The van der Waals surface area contributed by atoms with Gasteiger partial charge in [0.25, 0.3) is 0 Å². The van der Waals surface area contributed by atoms with Crippen molar-refractivity contribution in [2.45, 2.75) is 25.9 Å². The highest BCUT2D eigenvalue weighted by Gasteiger charge is 2.25. The van der Waals surface area contributed by atoms with Gasteiger partial charge in [-0.05, 0) is 40.4 Å². The molecule has 1 aliphatic heterocycles. The standard InChI is InChI=1S/C20H18OS/c1-14-5-7-15(8-6-14)11-18-12-16-3-2-4-19(20(16)21-18)17-9-10-22-13-17/h2-10,13,18H,11-12H2,1H3. The monoisotopic (exact) mass is 306 g/mol. The van der Waals surface area contributed by atoms with Crippen LogP contribution in [0.25, 0.3) is 11.1 Å². The molecule has 2 heterocycles. The first-order valence-corrected chi connectivity index (χ1v) is 8.60. The van der Waals surface area contributed by atoms with Crippen LogP contribution in [0.2, 0.25) is 0 Å². The van der Waals surface area contributed by atoms with Crippen molar-refractivity contribution in [3.8, 4) is 16.9 Å². The Bertz CT molecular complexity index is 772. The van der Waals surface area contributed by atoms with E-state index in [2.05, 4.69) is 66.2 Å². The van der Waals surface area contributed by atoms with E-state index >= 15 is 0 Å². The first kappa shape index (κ1) is 13.6. The summed E-state index contributed by atoms with van der Waals surface area (Å²) in [7, 11) is 0. The van der Waals surface area contributed by atoms with Crippen LogP contribution in [0.4, 0.5) is 0 Å². The van der Waals surface area contributed by atoms with Gasteiger partial charge in [-0.1, -0.05) is 48.0 Å². The molecule has 0 radical (unpaired) electrons. The van der Waals surface area contributed by atoms with E-state index in [1.54, 1.807) is 11.3 Å². The van der Waals surface area contributed by atoms with Crippen molar-refractivity contribution in [2.24, 2.45) is 0 Å². The van der Waals surface area contributed by atoms with Gasteiger partial charge in [0.1, 0.15) is 11.9 Å². The lowest BCUT2D eigenvalue weighted by Crippen LogP contribution is -2.16. The Hall–Kier alpha value is -2.06. The van der Waals surface area contributed by atoms with E-state index in [0.29, 0.717) is 0 Å². The lowest BCUT2D eigenvalue weighted by Gasteiger charge is -2.12. The van der Waals surface area contributed by atoms with Crippen molar-refractivity contribution in [1.29, 1.82) is 0 Å². The molecule has 0 saturated heterocycles. The summed E-state index contributed by atoms with van der Waals surface area (Å²) in [4.78, 5) is 0. The second-order valence-corrected chi connectivity index (χ2v) is 6.72. The summed E-state index contributed by atoms with van der Waals surface area (Å²) in [6, 6.07) is 17.4. The van der Waals surface area contributed by atoms with Crippen molar-refractivity contribution < 1.29 is 4.74 Å². The number of hydrogen-bond acceptors (Lipinski definition) is 2. The molecule has 2 aromatic carbocycles. The Morgan fingerprint density at radius 2 is 1.95 bits per heavy atom. The minimum atomic E-state index is 0.248. The summed E-state index contributed by atoms with van der Waals surface area (Å²) < 4.78 is 6.30. The molecule has 3 aromatic rings. The first-order chi connectivity index (χ1) is 10.8. The molecule has 1 atom stereocenters. The predicted octanol–water partition coefficient (Wildman–Crippen LogP) is 5.27. The summed E-state index contributed by atoms with van der Waals surface area (Å²) in [6.45, 7) is 2.12. The number of rotatable bonds is 3. The van der Waals surface area contributed by atoms with E-state index in [1.165, 1.54) is 27.8 Å². The number of ether oxygens (including phenoxy) is 1. The smallest absolute Gasteiger partial charge is 0.130 e. The summed E-state index contributed by atoms with van der Waals surface area (Å²) in [6.07, 6.45) is 2.22. The van der Waals surface area contributed by atoms with Gasteiger partial charge in [0.2, 0.25) is 0 Å². The molecule has 22 heavy (non-hydrogen) atoms. The largest absolute Gasteiger partial charge is 0.489 e. The van der Waals surface area contributed by atoms with Crippen LogP contribution < -0.4 is 4.74 Å². The third-order valence-electron chi connectivity index (χ3n) is 4.24. The normalized spacial score (nSPS) is 16.3. The van der Waals surface area contributed by atoms with E-state index in [4.69, 9.17) is 4.74 Å². The van der Waals surface area contributed by atoms with Gasteiger partial charge in [0.05, 0.1) is 0 Å². The Balaban J connectivity index is 1.58. The topological polar surface area (TPSA) is 9.23 Å². The van der Waals surface area contributed by atoms with Crippen LogP contribution in [-0.2, 0) is 12.8 Å². The van der Waals surface area contributed by atoms with Crippen LogP contribution in [0.1, 0.15) is 16.7 Å². The maximum absolute atomic E-state index is 6.30. The van der Waals surface area contributed by atoms with Crippen molar-refractivity contribution >= 4 is 11.3 Å². The fourth-order valence-electron chi connectivity index (χ4n) is 3.08. The molecule has 1 nitrogen and oxygen atoms in total. The van der Waals surface area contributed by atoms with Gasteiger partial charge >= 0.3 is 0 Å². The lowest BCUT2D eigenvalue weighted by molar-refractivity contribution is 0.234. The second kappa shape index (κ2) is 5.62. The SMILES string of the molecule is Cc1ccc(CC2Cc3cccc(-c4ccsc4)c3O2)cc1.